The van der Waals surface area contributed by atoms with Gasteiger partial charge in [0.1, 0.15) is 5.01 Å². The highest BCUT2D eigenvalue weighted by Crippen LogP contribution is 2.32. The molecule has 25 heavy (non-hydrogen) atoms. The number of hydrogen-bond donors (Lipinski definition) is 0. The summed E-state index contributed by atoms with van der Waals surface area (Å²) in [6, 6.07) is 9.53. The van der Waals surface area contributed by atoms with Gasteiger partial charge in [-0.05, 0) is 31.5 Å². The summed E-state index contributed by atoms with van der Waals surface area (Å²) < 4.78 is 5.58. The van der Waals surface area contributed by atoms with Gasteiger partial charge >= 0.3 is 0 Å². The maximum Gasteiger partial charge on any atom is 0.244 e. The van der Waals surface area contributed by atoms with Crippen LogP contribution in [0.25, 0.3) is 11.4 Å². The molecule has 0 amide bonds. The van der Waals surface area contributed by atoms with Gasteiger partial charge in [0, 0.05) is 17.1 Å². The van der Waals surface area contributed by atoms with Crippen LogP contribution in [0.5, 0.6) is 0 Å². The predicted molar refractivity (Wildman–Crippen MR) is 93.6 cm³/mol. The van der Waals surface area contributed by atoms with Crippen LogP contribution in [-0.2, 0) is 6.54 Å². The van der Waals surface area contributed by atoms with Gasteiger partial charge in [-0.3, -0.25) is 4.90 Å². The van der Waals surface area contributed by atoms with Gasteiger partial charge in [-0.25, -0.2) is 4.98 Å². The lowest BCUT2D eigenvalue weighted by molar-refractivity contribution is 0.111. The van der Waals surface area contributed by atoms with E-state index in [0.29, 0.717) is 17.3 Å². The molecule has 0 bridgehead atoms. The molecule has 1 fully saturated rings. The largest absolute Gasteiger partial charge is 0.337 e. The van der Waals surface area contributed by atoms with Gasteiger partial charge in [-0.15, -0.1) is 11.3 Å². The summed E-state index contributed by atoms with van der Waals surface area (Å²) in [5.74, 6) is 1.18. The molecule has 3 heterocycles. The average molecular weight is 351 g/mol. The minimum absolute atomic E-state index is 0.123. The van der Waals surface area contributed by atoms with E-state index in [9.17, 15) is 0 Å². The van der Waals surface area contributed by atoms with Crippen molar-refractivity contribution >= 4 is 11.3 Å². The fourth-order valence-corrected chi connectivity index (χ4v) is 3.82. The molecule has 3 aromatic rings. The Morgan fingerprint density at radius 2 is 2.32 bits per heavy atom. The molecule has 0 spiro atoms. The zero-order chi connectivity index (χ0) is 17.1. The third-order valence-corrected chi connectivity index (χ3v) is 5.18. The van der Waals surface area contributed by atoms with Gasteiger partial charge in [0.25, 0.3) is 0 Å². The second-order valence-electron chi connectivity index (χ2n) is 6.06. The van der Waals surface area contributed by atoms with Crippen LogP contribution in [0, 0.1) is 11.3 Å². The summed E-state index contributed by atoms with van der Waals surface area (Å²) in [5, 5.41) is 16.3. The maximum atomic E-state index is 9.05. The molecule has 1 aliphatic heterocycles. The first kappa shape index (κ1) is 15.9. The van der Waals surface area contributed by atoms with Gasteiger partial charge < -0.3 is 4.52 Å². The van der Waals surface area contributed by atoms with E-state index in [1.165, 1.54) is 6.42 Å². The number of hydrogen-bond acceptors (Lipinski definition) is 7. The Hall–Kier alpha value is -2.56. The zero-order valence-corrected chi connectivity index (χ0v) is 14.4. The molecule has 6 nitrogen and oxygen atoms in total. The number of aromatic nitrogens is 3. The SMILES string of the molecule is N#Cc1cccc(-c2noc([C@@H]3CCCCN3Cc3nccs3)n2)c1. The smallest absolute Gasteiger partial charge is 0.244 e. The first-order valence-corrected chi connectivity index (χ1v) is 9.18. The molecule has 126 valence electrons. The number of likely N-dealkylation sites (tertiary alicyclic amines) is 1. The highest BCUT2D eigenvalue weighted by molar-refractivity contribution is 7.09. The Morgan fingerprint density at radius 1 is 1.36 bits per heavy atom. The summed E-state index contributed by atoms with van der Waals surface area (Å²) >= 11 is 1.67. The molecule has 1 atom stereocenters. The summed E-state index contributed by atoms with van der Waals surface area (Å²) in [6.45, 7) is 1.82. The number of nitrogens with zero attached hydrogens (tertiary/aromatic N) is 5. The standard InChI is InChI=1S/C18H17N5OS/c19-11-13-4-3-5-14(10-13)17-21-18(24-22-17)15-6-1-2-8-23(15)12-16-20-7-9-25-16/h3-5,7,9-10,15H,1-2,6,8,12H2/t15-/m0/s1. The average Bonchev–Trinajstić information content (AvgIpc) is 3.34. The van der Waals surface area contributed by atoms with E-state index < -0.39 is 0 Å². The number of benzene rings is 1. The van der Waals surface area contributed by atoms with Crippen LogP contribution in [0.2, 0.25) is 0 Å². The van der Waals surface area contributed by atoms with E-state index >= 15 is 0 Å². The van der Waals surface area contributed by atoms with Gasteiger partial charge in [-0.1, -0.05) is 23.7 Å². The minimum atomic E-state index is 0.123. The van der Waals surface area contributed by atoms with Gasteiger partial charge in [0.15, 0.2) is 0 Å². The molecule has 0 saturated carbocycles. The first-order chi connectivity index (χ1) is 12.3. The molecular formula is C18H17N5OS. The summed E-state index contributed by atoms with van der Waals surface area (Å²) in [6.07, 6.45) is 5.17. The van der Waals surface area contributed by atoms with E-state index in [1.54, 1.807) is 23.5 Å². The van der Waals surface area contributed by atoms with E-state index in [2.05, 4.69) is 26.1 Å². The van der Waals surface area contributed by atoms with Crippen LogP contribution in [0.15, 0.2) is 40.4 Å². The van der Waals surface area contributed by atoms with E-state index in [0.717, 1.165) is 36.5 Å². The Balaban J connectivity index is 1.58. The lowest BCUT2D eigenvalue weighted by Crippen LogP contribution is -2.33. The fourth-order valence-electron chi connectivity index (χ4n) is 3.18. The molecule has 1 aliphatic rings. The third-order valence-electron chi connectivity index (χ3n) is 4.41. The molecule has 0 aliphatic carbocycles. The fraction of sp³-hybridized carbons (Fsp3) is 0.333. The topological polar surface area (TPSA) is 78.8 Å². The van der Waals surface area contributed by atoms with Crippen molar-refractivity contribution in [2.45, 2.75) is 31.8 Å². The molecule has 0 unspecified atom stereocenters. The second kappa shape index (κ2) is 7.13. The van der Waals surface area contributed by atoms with Crippen molar-refractivity contribution in [1.29, 1.82) is 5.26 Å². The van der Waals surface area contributed by atoms with E-state index in [-0.39, 0.29) is 6.04 Å². The lowest BCUT2D eigenvalue weighted by Gasteiger charge is -2.32. The predicted octanol–water partition coefficient (Wildman–Crippen LogP) is 3.79. The first-order valence-electron chi connectivity index (χ1n) is 8.30. The molecule has 2 aromatic heterocycles. The maximum absolute atomic E-state index is 9.05. The quantitative estimate of drug-likeness (QED) is 0.711. The Labute approximate surface area is 149 Å². The van der Waals surface area contributed by atoms with E-state index in [1.807, 2.05) is 23.7 Å². The molecule has 4 rings (SSSR count). The summed E-state index contributed by atoms with van der Waals surface area (Å²) in [4.78, 5) is 11.4. The number of thiazole rings is 1. The monoisotopic (exact) mass is 351 g/mol. The van der Waals surface area contributed by atoms with Crippen molar-refractivity contribution in [1.82, 2.24) is 20.0 Å². The second-order valence-corrected chi connectivity index (χ2v) is 7.04. The number of nitriles is 1. The third kappa shape index (κ3) is 3.45. The van der Waals surface area contributed by atoms with Gasteiger partial charge in [0.05, 0.1) is 24.2 Å². The van der Waals surface area contributed by atoms with Crippen LogP contribution in [0.1, 0.15) is 41.8 Å². The van der Waals surface area contributed by atoms with Crippen molar-refractivity contribution < 1.29 is 4.52 Å². The summed E-state index contributed by atoms with van der Waals surface area (Å²) in [7, 11) is 0. The summed E-state index contributed by atoms with van der Waals surface area (Å²) in [5.41, 5.74) is 1.39. The highest BCUT2D eigenvalue weighted by atomic mass is 32.1. The molecular weight excluding hydrogens is 334 g/mol. The van der Waals surface area contributed by atoms with Crippen molar-refractivity contribution in [3.05, 3.63) is 52.3 Å². The van der Waals surface area contributed by atoms with Crippen LogP contribution in [0.3, 0.4) is 0 Å². The molecule has 0 N–H and O–H groups in total. The normalized spacial score (nSPS) is 18.1. The minimum Gasteiger partial charge on any atom is -0.337 e. The van der Waals surface area contributed by atoms with Crippen molar-refractivity contribution in [2.24, 2.45) is 0 Å². The molecule has 1 saturated heterocycles. The van der Waals surface area contributed by atoms with Crippen LogP contribution in [0.4, 0.5) is 0 Å². The van der Waals surface area contributed by atoms with Crippen LogP contribution in [-0.4, -0.2) is 26.6 Å². The van der Waals surface area contributed by atoms with Crippen molar-refractivity contribution in [3.8, 4) is 17.5 Å². The Kier molecular flexibility index (Phi) is 4.55. The molecule has 1 aromatic carbocycles. The molecule has 0 radical (unpaired) electrons. The van der Waals surface area contributed by atoms with E-state index in [4.69, 9.17) is 9.78 Å². The Morgan fingerprint density at radius 3 is 3.16 bits per heavy atom. The van der Waals surface area contributed by atoms with Crippen molar-refractivity contribution in [3.63, 3.8) is 0 Å². The lowest BCUT2D eigenvalue weighted by atomic mass is 10.0. The highest BCUT2D eigenvalue weighted by Gasteiger charge is 2.29. The molecule has 7 heteroatoms. The van der Waals surface area contributed by atoms with Crippen LogP contribution < -0.4 is 0 Å². The zero-order valence-electron chi connectivity index (χ0n) is 13.6. The Bertz CT molecular complexity index is 883. The number of rotatable bonds is 4. The van der Waals surface area contributed by atoms with Crippen LogP contribution >= 0.6 is 11.3 Å². The van der Waals surface area contributed by atoms with Gasteiger partial charge in [0.2, 0.25) is 11.7 Å². The number of piperidine rings is 1. The van der Waals surface area contributed by atoms with Gasteiger partial charge in [-0.2, -0.15) is 10.2 Å². The van der Waals surface area contributed by atoms with Crippen molar-refractivity contribution in [2.75, 3.05) is 6.54 Å².